The molecule has 1 atom stereocenters. The maximum absolute atomic E-state index is 13.0. The predicted molar refractivity (Wildman–Crippen MR) is 76.6 cm³/mol. The van der Waals surface area contributed by atoms with E-state index in [-0.39, 0.29) is 31.3 Å². The quantitative estimate of drug-likeness (QED) is 0.763. The van der Waals surface area contributed by atoms with Crippen molar-refractivity contribution in [2.75, 3.05) is 13.7 Å². The Kier molecular flexibility index (Phi) is 7.03. The van der Waals surface area contributed by atoms with Gasteiger partial charge in [0.1, 0.15) is 6.04 Å². The molecular formula is C15H25F2NO4. The number of carbonyl (C=O) groups excluding carboxylic acids is 2. The molecule has 1 amide bonds. The zero-order chi connectivity index (χ0) is 16.8. The lowest BCUT2D eigenvalue weighted by Gasteiger charge is -2.28. The number of nitrogens with one attached hydrogen (secondary N) is 1. The summed E-state index contributed by atoms with van der Waals surface area (Å²) in [5.41, 5.74) is 0. The highest BCUT2D eigenvalue weighted by atomic mass is 19.3. The summed E-state index contributed by atoms with van der Waals surface area (Å²) in [5, 5.41) is 2.47. The highest BCUT2D eigenvalue weighted by Crippen LogP contribution is 2.36. The van der Waals surface area contributed by atoms with Crippen molar-refractivity contribution in [1.82, 2.24) is 5.32 Å². The van der Waals surface area contributed by atoms with Gasteiger partial charge in [-0.1, -0.05) is 13.8 Å². The average molecular weight is 321 g/mol. The summed E-state index contributed by atoms with van der Waals surface area (Å²) >= 11 is 0. The molecule has 1 N–H and O–H groups in total. The van der Waals surface area contributed by atoms with Crippen LogP contribution in [-0.2, 0) is 14.3 Å². The SMILES string of the molecule is COC(=O)[C@H](CC(C)C)NC(=O)OCC1CCC(F)(F)CC1. The van der Waals surface area contributed by atoms with Gasteiger partial charge in [0.05, 0.1) is 13.7 Å². The molecule has 0 aromatic carbocycles. The number of esters is 1. The molecule has 22 heavy (non-hydrogen) atoms. The third-order valence-corrected chi connectivity index (χ3v) is 3.77. The van der Waals surface area contributed by atoms with Gasteiger partial charge in [-0.2, -0.15) is 0 Å². The van der Waals surface area contributed by atoms with E-state index in [0.29, 0.717) is 19.3 Å². The molecule has 0 radical (unpaired) electrons. The first-order valence-electron chi connectivity index (χ1n) is 7.62. The second kappa shape index (κ2) is 8.29. The fraction of sp³-hybridized carbons (Fsp3) is 0.867. The molecule has 1 fully saturated rings. The number of rotatable bonds is 6. The highest BCUT2D eigenvalue weighted by molar-refractivity contribution is 5.81. The molecule has 128 valence electrons. The standard InChI is InChI=1S/C15H25F2NO4/c1-10(2)8-12(13(19)21-3)18-14(20)22-9-11-4-6-15(16,17)7-5-11/h10-12H,4-9H2,1-3H3,(H,18,20)/t12-/m0/s1. The van der Waals surface area contributed by atoms with Crippen molar-refractivity contribution in [3.05, 3.63) is 0 Å². The van der Waals surface area contributed by atoms with Crippen LogP contribution in [0.5, 0.6) is 0 Å². The number of carbonyl (C=O) groups is 2. The fourth-order valence-corrected chi connectivity index (χ4v) is 2.47. The minimum atomic E-state index is -2.59. The van der Waals surface area contributed by atoms with Gasteiger partial charge in [0.2, 0.25) is 5.92 Å². The lowest BCUT2D eigenvalue weighted by Crippen LogP contribution is -2.43. The fourth-order valence-electron chi connectivity index (χ4n) is 2.47. The van der Waals surface area contributed by atoms with Gasteiger partial charge >= 0.3 is 12.1 Å². The maximum Gasteiger partial charge on any atom is 0.407 e. The number of hydrogen-bond acceptors (Lipinski definition) is 4. The van der Waals surface area contributed by atoms with Crippen molar-refractivity contribution in [2.24, 2.45) is 11.8 Å². The maximum atomic E-state index is 13.0. The van der Waals surface area contributed by atoms with Crippen molar-refractivity contribution in [2.45, 2.75) is 57.9 Å². The molecule has 5 nitrogen and oxygen atoms in total. The van der Waals surface area contributed by atoms with Crippen molar-refractivity contribution in [1.29, 1.82) is 0 Å². The van der Waals surface area contributed by atoms with Gasteiger partial charge in [-0.15, -0.1) is 0 Å². The number of methoxy groups -OCH3 is 1. The topological polar surface area (TPSA) is 64.6 Å². The molecule has 0 aromatic rings. The van der Waals surface area contributed by atoms with Crippen LogP contribution in [-0.4, -0.2) is 37.7 Å². The number of ether oxygens (including phenoxy) is 2. The molecule has 0 heterocycles. The summed E-state index contributed by atoms with van der Waals surface area (Å²) in [6.45, 7) is 3.94. The summed E-state index contributed by atoms with van der Waals surface area (Å²) in [6.07, 6.45) is 0.0756. The Labute approximate surface area is 129 Å². The van der Waals surface area contributed by atoms with E-state index in [1.165, 1.54) is 7.11 Å². The molecule has 0 unspecified atom stereocenters. The molecular weight excluding hydrogens is 296 g/mol. The van der Waals surface area contributed by atoms with E-state index in [9.17, 15) is 18.4 Å². The molecule has 0 saturated heterocycles. The monoisotopic (exact) mass is 321 g/mol. The van der Waals surface area contributed by atoms with E-state index in [1.54, 1.807) is 0 Å². The van der Waals surface area contributed by atoms with E-state index < -0.39 is 24.0 Å². The van der Waals surface area contributed by atoms with Crippen molar-refractivity contribution >= 4 is 12.1 Å². The summed E-state index contributed by atoms with van der Waals surface area (Å²) in [4.78, 5) is 23.3. The Balaban J connectivity index is 2.36. The Morgan fingerprint density at radius 3 is 2.36 bits per heavy atom. The van der Waals surface area contributed by atoms with Gasteiger partial charge in [-0.05, 0) is 31.1 Å². The molecule has 1 saturated carbocycles. The van der Waals surface area contributed by atoms with E-state index in [2.05, 4.69) is 10.1 Å². The minimum absolute atomic E-state index is 0.0490. The van der Waals surface area contributed by atoms with Crippen LogP contribution in [0.4, 0.5) is 13.6 Å². The van der Waals surface area contributed by atoms with Gasteiger partial charge in [-0.3, -0.25) is 0 Å². The van der Waals surface area contributed by atoms with Crippen LogP contribution in [0.2, 0.25) is 0 Å². The normalized spacial score (nSPS) is 19.5. The molecule has 0 spiro atoms. The van der Waals surface area contributed by atoms with Gasteiger partial charge in [0.25, 0.3) is 0 Å². The van der Waals surface area contributed by atoms with E-state index in [1.807, 2.05) is 13.8 Å². The van der Waals surface area contributed by atoms with Gasteiger partial charge in [-0.25, -0.2) is 18.4 Å². The zero-order valence-corrected chi connectivity index (χ0v) is 13.4. The van der Waals surface area contributed by atoms with E-state index in [4.69, 9.17) is 4.74 Å². The first kappa shape index (κ1) is 18.6. The molecule has 1 rings (SSSR count). The van der Waals surface area contributed by atoms with Crippen LogP contribution in [0.25, 0.3) is 0 Å². The van der Waals surface area contributed by atoms with Gasteiger partial charge < -0.3 is 14.8 Å². The Hall–Kier alpha value is -1.40. The van der Waals surface area contributed by atoms with Crippen LogP contribution >= 0.6 is 0 Å². The van der Waals surface area contributed by atoms with Crippen molar-refractivity contribution in [3.63, 3.8) is 0 Å². The van der Waals surface area contributed by atoms with Crippen molar-refractivity contribution in [3.8, 4) is 0 Å². The Morgan fingerprint density at radius 2 is 1.86 bits per heavy atom. The summed E-state index contributed by atoms with van der Waals surface area (Å²) in [7, 11) is 1.25. The number of halogens is 2. The molecule has 0 aromatic heterocycles. The molecule has 0 aliphatic heterocycles. The Bertz CT molecular complexity index is 378. The second-order valence-corrected chi connectivity index (χ2v) is 6.25. The van der Waals surface area contributed by atoms with Crippen LogP contribution in [0.1, 0.15) is 46.0 Å². The van der Waals surface area contributed by atoms with Crippen LogP contribution in [0.15, 0.2) is 0 Å². The highest BCUT2D eigenvalue weighted by Gasteiger charge is 2.35. The van der Waals surface area contributed by atoms with E-state index in [0.717, 1.165) is 0 Å². The zero-order valence-electron chi connectivity index (χ0n) is 13.4. The summed E-state index contributed by atoms with van der Waals surface area (Å²) in [5.74, 6) is -2.97. The lowest BCUT2D eigenvalue weighted by molar-refractivity contribution is -0.143. The van der Waals surface area contributed by atoms with Crippen molar-refractivity contribution < 1.29 is 27.8 Å². The molecule has 1 aliphatic carbocycles. The van der Waals surface area contributed by atoms with Crippen LogP contribution < -0.4 is 5.32 Å². The summed E-state index contributed by atoms with van der Waals surface area (Å²) < 4.78 is 35.7. The number of alkyl carbamates (subject to hydrolysis) is 1. The van der Waals surface area contributed by atoms with Crippen LogP contribution in [0.3, 0.4) is 0 Å². The first-order valence-corrected chi connectivity index (χ1v) is 7.62. The number of alkyl halides is 2. The average Bonchev–Trinajstić information content (AvgIpc) is 2.44. The third kappa shape index (κ3) is 6.58. The second-order valence-electron chi connectivity index (χ2n) is 6.25. The third-order valence-electron chi connectivity index (χ3n) is 3.77. The van der Waals surface area contributed by atoms with Gasteiger partial charge in [0, 0.05) is 12.8 Å². The molecule has 7 heteroatoms. The van der Waals surface area contributed by atoms with E-state index >= 15 is 0 Å². The molecule has 1 aliphatic rings. The molecule has 0 bridgehead atoms. The lowest BCUT2D eigenvalue weighted by atomic mass is 9.87. The first-order chi connectivity index (χ1) is 10.2. The smallest absolute Gasteiger partial charge is 0.407 e. The minimum Gasteiger partial charge on any atom is -0.467 e. The largest absolute Gasteiger partial charge is 0.467 e. The van der Waals surface area contributed by atoms with Crippen LogP contribution in [0, 0.1) is 11.8 Å². The predicted octanol–water partition coefficient (Wildman–Crippen LogP) is 3.13. The Morgan fingerprint density at radius 1 is 1.27 bits per heavy atom. The van der Waals surface area contributed by atoms with Gasteiger partial charge in [0.15, 0.2) is 0 Å². The summed E-state index contributed by atoms with van der Waals surface area (Å²) in [6, 6.07) is -0.756. The number of amides is 1. The number of hydrogen-bond donors (Lipinski definition) is 1.